The van der Waals surface area contributed by atoms with E-state index in [2.05, 4.69) is 38.2 Å². The number of hydrogen-bond donors (Lipinski definition) is 1. The van der Waals surface area contributed by atoms with Gasteiger partial charge in [-0.2, -0.15) is 0 Å². The molecule has 3 atom stereocenters. The Morgan fingerprint density at radius 2 is 2.00 bits per heavy atom. The SMILES string of the molecule is CCCNC(C1CC1)C1(N(C)C)CCCC(C)C1. The lowest BCUT2D eigenvalue weighted by Crippen LogP contribution is -2.62. The lowest BCUT2D eigenvalue weighted by molar-refractivity contribution is 0.0296. The molecule has 0 heterocycles. The lowest BCUT2D eigenvalue weighted by atomic mass is 9.70. The summed E-state index contributed by atoms with van der Waals surface area (Å²) in [6.45, 7) is 5.91. The van der Waals surface area contributed by atoms with Crippen molar-refractivity contribution in [1.82, 2.24) is 10.2 Å². The second kappa shape index (κ2) is 5.92. The molecule has 18 heavy (non-hydrogen) atoms. The molecule has 2 fully saturated rings. The van der Waals surface area contributed by atoms with Gasteiger partial charge in [-0.05, 0) is 64.6 Å². The van der Waals surface area contributed by atoms with Crippen molar-refractivity contribution in [2.75, 3.05) is 20.6 Å². The fourth-order valence-corrected chi connectivity index (χ4v) is 4.06. The third-order valence-corrected chi connectivity index (χ3v) is 5.19. The summed E-state index contributed by atoms with van der Waals surface area (Å²) in [5, 5.41) is 3.90. The highest BCUT2D eigenvalue weighted by Gasteiger charge is 2.49. The molecular formula is C16H32N2. The van der Waals surface area contributed by atoms with E-state index in [4.69, 9.17) is 0 Å². The Morgan fingerprint density at radius 3 is 2.50 bits per heavy atom. The van der Waals surface area contributed by atoms with Gasteiger partial charge in [-0.1, -0.05) is 26.7 Å². The first-order chi connectivity index (χ1) is 8.60. The number of likely N-dealkylation sites (N-methyl/N-ethyl adjacent to an activating group) is 1. The van der Waals surface area contributed by atoms with Crippen molar-refractivity contribution in [3.8, 4) is 0 Å². The van der Waals surface area contributed by atoms with Crippen molar-refractivity contribution in [3.63, 3.8) is 0 Å². The second-order valence-corrected chi connectivity index (χ2v) is 6.97. The van der Waals surface area contributed by atoms with Crippen LogP contribution in [0.2, 0.25) is 0 Å². The van der Waals surface area contributed by atoms with Gasteiger partial charge in [-0.25, -0.2) is 0 Å². The van der Waals surface area contributed by atoms with E-state index in [0.717, 1.165) is 17.9 Å². The highest BCUT2D eigenvalue weighted by molar-refractivity contribution is 5.07. The van der Waals surface area contributed by atoms with E-state index in [1.807, 2.05) is 0 Å². The maximum absolute atomic E-state index is 3.90. The molecule has 2 heteroatoms. The molecule has 2 nitrogen and oxygen atoms in total. The average Bonchev–Trinajstić information content (AvgIpc) is 3.13. The van der Waals surface area contributed by atoms with E-state index >= 15 is 0 Å². The summed E-state index contributed by atoms with van der Waals surface area (Å²) in [6, 6.07) is 0.732. The number of rotatable bonds is 6. The van der Waals surface area contributed by atoms with Crippen molar-refractivity contribution >= 4 is 0 Å². The molecule has 2 aliphatic rings. The minimum atomic E-state index is 0.425. The summed E-state index contributed by atoms with van der Waals surface area (Å²) < 4.78 is 0. The van der Waals surface area contributed by atoms with Crippen molar-refractivity contribution in [1.29, 1.82) is 0 Å². The van der Waals surface area contributed by atoms with Crippen LogP contribution in [-0.2, 0) is 0 Å². The summed E-state index contributed by atoms with van der Waals surface area (Å²) in [4.78, 5) is 2.55. The maximum Gasteiger partial charge on any atom is 0.0361 e. The van der Waals surface area contributed by atoms with Gasteiger partial charge in [0.2, 0.25) is 0 Å². The molecule has 1 N–H and O–H groups in total. The van der Waals surface area contributed by atoms with E-state index in [1.54, 1.807) is 0 Å². The Morgan fingerprint density at radius 1 is 1.28 bits per heavy atom. The van der Waals surface area contributed by atoms with Gasteiger partial charge in [0.05, 0.1) is 0 Å². The summed E-state index contributed by atoms with van der Waals surface area (Å²) in [5.74, 6) is 1.84. The minimum Gasteiger partial charge on any atom is -0.312 e. The van der Waals surface area contributed by atoms with Gasteiger partial charge in [-0.15, -0.1) is 0 Å². The minimum absolute atomic E-state index is 0.425. The van der Waals surface area contributed by atoms with Gasteiger partial charge < -0.3 is 10.2 Å². The summed E-state index contributed by atoms with van der Waals surface area (Å²) >= 11 is 0. The van der Waals surface area contributed by atoms with Gasteiger partial charge in [-0.3, -0.25) is 0 Å². The molecule has 0 saturated heterocycles. The summed E-state index contributed by atoms with van der Waals surface area (Å²) in [5.41, 5.74) is 0.425. The van der Waals surface area contributed by atoms with Gasteiger partial charge >= 0.3 is 0 Å². The maximum atomic E-state index is 3.90. The largest absolute Gasteiger partial charge is 0.312 e. The van der Waals surface area contributed by atoms with E-state index in [1.165, 1.54) is 51.5 Å². The number of nitrogens with one attached hydrogen (secondary N) is 1. The third-order valence-electron chi connectivity index (χ3n) is 5.19. The molecule has 3 unspecified atom stereocenters. The summed E-state index contributed by atoms with van der Waals surface area (Å²) in [7, 11) is 4.61. The fraction of sp³-hybridized carbons (Fsp3) is 1.00. The lowest BCUT2D eigenvalue weighted by Gasteiger charge is -2.51. The first kappa shape index (κ1) is 14.3. The van der Waals surface area contributed by atoms with Crippen molar-refractivity contribution < 1.29 is 0 Å². The molecule has 0 amide bonds. The zero-order chi connectivity index (χ0) is 13.2. The summed E-state index contributed by atoms with van der Waals surface area (Å²) in [6.07, 6.45) is 9.77. The van der Waals surface area contributed by atoms with Gasteiger partial charge in [0.25, 0.3) is 0 Å². The Balaban J connectivity index is 2.14. The molecular weight excluding hydrogens is 220 g/mol. The van der Waals surface area contributed by atoms with Crippen LogP contribution < -0.4 is 5.32 Å². The molecule has 2 rings (SSSR count). The fourth-order valence-electron chi connectivity index (χ4n) is 4.06. The standard InChI is InChI=1S/C16H32N2/c1-5-11-17-15(14-8-9-14)16(18(3)4)10-6-7-13(2)12-16/h13-15,17H,5-12H2,1-4H3. The Bertz CT molecular complexity index is 260. The normalized spacial score (nSPS) is 34.8. The highest BCUT2D eigenvalue weighted by atomic mass is 15.2. The zero-order valence-electron chi connectivity index (χ0n) is 12.8. The molecule has 0 aromatic carbocycles. The predicted molar refractivity (Wildman–Crippen MR) is 78.9 cm³/mol. The van der Waals surface area contributed by atoms with Crippen LogP contribution in [0.5, 0.6) is 0 Å². The monoisotopic (exact) mass is 252 g/mol. The van der Waals surface area contributed by atoms with Crippen LogP contribution >= 0.6 is 0 Å². The molecule has 0 spiro atoms. The van der Waals surface area contributed by atoms with Crippen LogP contribution in [0.4, 0.5) is 0 Å². The van der Waals surface area contributed by atoms with Gasteiger partial charge in [0, 0.05) is 11.6 Å². The number of hydrogen-bond acceptors (Lipinski definition) is 2. The van der Waals surface area contributed by atoms with E-state index in [9.17, 15) is 0 Å². The van der Waals surface area contributed by atoms with Crippen LogP contribution in [0.1, 0.15) is 58.8 Å². The van der Waals surface area contributed by atoms with Gasteiger partial charge in [0.15, 0.2) is 0 Å². The van der Waals surface area contributed by atoms with E-state index in [-0.39, 0.29) is 0 Å². The third kappa shape index (κ3) is 2.91. The molecule has 2 aliphatic carbocycles. The zero-order valence-corrected chi connectivity index (χ0v) is 12.8. The van der Waals surface area contributed by atoms with Gasteiger partial charge in [0.1, 0.15) is 0 Å². The van der Waals surface area contributed by atoms with Crippen LogP contribution in [0.15, 0.2) is 0 Å². The van der Waals surface area contributed by atoms with E-state index < -0.39 is 0 Å². The molecule has 2 saturated carbocycles. The van der Waals surface area contributed by atoms with Crippen molar-refractivity contribution in [3.05, 3.63) is 0 Å². The molecule has 0 aromatic rings. The smallest absolute Gasteiger partial charge is 0.0361 e. The quantitative estimate of drug-likeness (QED) is 0.780. The topological polar surface area (TPSA) is 15.3 Å². The Hall–Kier alpha value is -0.0800. The molecule has 0 radical (unpaired) electrons. The molecule has 0 bridgehead atoms. The molecule has 0 aromatic heterocycles. The van der Waals surface area contributed by atoms with Crippen LogP contribution in [-0.4, -0.2) is 37.1 Å². The average molecular weight is 252 g/mol. The van der Waals surface area contributed by atoms with Crippen molar-refractivity contribution in [2.24, 2.45) is 11.8 Å². The molecule has 0 aliphatic heterocycles. The Labute approximate surface area is 114 Å². The van der Waals surface area contributed by atoms with E-state index in [0.29, 0.717) is 5.54 Å². The van der Waals surface area contributed by atoms with Crippen LogP contribution in [0.25, 0.3) is 0 Å². The number of nitrogens with zero attached hydrogens (tertiary/aromatic N) is 1. The second-order valence-electron chi connectivity index (χ2n) is 6.97. The van der Waals surface area contributed by atoms with Crippen LogP contribution in [0.3, 0.4) is 0 Å². The Kier molecular flexibility index (Phi) is 4.71. The van der Waals surface area contributed by atoms with Crippen molar-refractivity contribution in [2.45, 2.75) is 70.4 Å². The highest BCUT2D eigenvalue weighted by Crippen LogP contribution is 2.46. The first-order valence-electron chi connectivity index (χ1n) is 8.01. The first-order valence-corrected chi connectivity index (χ1v) is 8.01. The predicted octanol–water partition coefficient (Wildman–Crippen LogP) is 3.28. The molecule has 106 valence electrons. The van der Waals surface area contributed by atoms with Crippen LogP contribution in [0, 0.1) is 11.8 Å².